The van der Waals surface area contributed by atoms with Crippen molar-refractivity contribution in [3.8, 4) is 0 Å². The number of carbonyl (C=O) groups excluding carboxylic acids is 1. The van der Waals surface area contributed by atoms with Gasteiger partial charge in [-0.2, -0.15) is 13.2 Å². The van der Waals surface area contributed by atoms with E-state index in [1.807, 2.05) is 6.92 Å². The number of rotatable bonds is 3. The molecule has 1 N–H and O–H groups in total. The van der Waals surface area contributed by atoms with Crippen molar-refractivity contribution < 1.29 is 22.7 Å². The van der Waals surface area contributed by atoms with Gasteiger partial charge in [0.2, 0.25) is 0 Å². The Hall–Kier alpha value is -0.780. The number of nitrogens with one attached hydrogen (secondary N) is 1. The van der Waals surface area contributed by atoms with Crippen molar-refractivity contribution >= 4 is 5.97 Å². The second kappa shape index (κ2) is 5.25. The molecule has 1 aliphatic carbocycles. The van der Waals surface area contributed by atoms with E-state index in [0.29, 0.717) is 12.8 Å². The van der Waals surface area contributed by atoms with Crippen molar-refractivity contribution in [2.75, 3.05) is 13.7 Å². The fourth-order valence-electron chi connectivity index (χ4n) is 2.43. The van der Waals surface area contributed by atoms with Gasteiger partial charge in [0.15, 0.2) is 0 Å². The lowest BCUT2D eigenvalue weighted by atomic mass is 9.76. The van der Waals surface area contributed by atoms with Crippen LogP contribution in [0.15, 0.2) is 0 Å². The quantitative estimate of drug-likeness (QED) is 0.784. The SMILES string of the molecule is COC(=O)C1(NCC(F)(F)F)CCCC(C)C1. The number of hydrogen-bond acceptors (Lipinski definition) is 3. The lowest BCUT2D eigenvalue weighted by molar-refractivity contribution is -0.156. The molecule has 0 bridgehead atoms. The van der Waals surface area contributed by atoms with E-state index in [9.17, 15) is 18.0 Å². The second-order valence-corrected chi connectivity index (χ2v) is 4.74. The summed E-state index contributed by atoms with van der Waals surface area (Å²) >= 11 is 0. The average molecular weight is 253 g/mol. The molecule has 17 heavy (non-hydrogen) atoms. The maximum atomic E-state index is 12.2. The molecule has 0 aromatic heterocycles. The number of ether oxygens (including phenoxy) is 1. The number of esters is 1. The summed E-state index contributed by atoms with van der Waals surface area (Å²) in [5.41, 5.74) is -1.16. The molecule has 6 heteroatoms. The van der Waals surface area contributed by atoms with Crippen molar-refractivity contribution in [3.05, 3.63) is 0 Å². The molecule has 0 radical (unpaired) electrons. The van der Waals surface area contributed by atoms with E-state index < -0.39 is 24.2 Å². The van der Waals surface area contributed by atoms with Crippen LogP contribution in [0.4, 0.5) is 13.2 Å². The lowest BCUT2D eigenvalue weighted by Crippen LogP contribution is -2.57. The normalized spacial score (nSPS) is 30.1. The molecule has 2 unspecified atom stereocenters. The molecular formula is C11H18F3NO2. The zero-order valence-corrected chi connectivity index (χ0v) is 10.1. The third-order valence-electron chi connectivity index (χ3n) is 3.20. The van der Waals surface area contributed by atoms with Gasteiger partial charge in [0.25, 0.3) is 0 Å². The first-order valence-corrected chi connectivity index (χ1v) is 5.69. The van der Waals surface area contributed by atoms with Crippen LogP contribution in [0, 0.1) is 5.92 Å². The molecule has 0 saturated heterocycles. The number of alkyl halides is 3. The van der Waals surface area contributed by atoms with E-state index in [2.05, 4.69) is 10.1 Å². The number of methoxy groups -OCH3 is 1. The van der Waals surface area contributed by atoms with Gasteiger partial charge in [-0.25, -0.2) is 0 Å². The molecule has 1 rings (SSSR count). The van der Waals surface area contributed by atoms with Gasteiger partial charge in [-0.1, -0.05) is 19.8 Å². The van der Waals surface area contributed by atoms with Crippen molar-refractivity contribution in [3.63, 3.8) is 0 Å². The van der Waals surface area contributed by atoms with Gasteiger partial charge in [-0.3, -0.25) is 10.1 Å². The second-order valence-electron chi connectivity index (χ2n) is 4.74. The van der Waals surface area contributed by atoms with Crippen LogP contribution in [0.1, 0.15) is 32.6 Å². The summed E-state index contributed by atoms with van der Waals surface area (Å²) < 4.78 is 41.3. The Kier molecular flexibility index (Phi) is 4.41. The summed E-state index contributed by atoms with van der Waals surface area (Å²) in [7, 11) is 1.21. The molecule has 2 atom stereocenters. The Morgan fingerprint density at radius 3 is 2.65 bits per heavy atom. The van der Waals surface area contributed by atoms with Crippen molar-refractivity contribution in [1.29, 1.82) is 0 Å². The number of halogens is 3. The molecule has 0 amide bonds. The van der Waals surface area contributed by atoms with Gasteiger partial charge in [0.05, 0.1) is 13.7 Å². The van der Waals surface area contributed by atoms with Crippen LogP contribution < -0.4 is 5.32 Å². The Bertz CT molecular complexity index is 280. The first-order valence-electron chi connectivity index (χ1n) is 5.69. The fourth-order valence-corrected chi connectivity index (χ4v) is 2.43. The van der Waals surface area contributed by atoms with Gasteiger partial charge in [-0.15, -0.1) is 0 Å². The average Bonchev–Trinajstić information content (AvgIpc) is 2.24. The minimum Gasteiger partial charge on any atom is -0.468 e. The van der Waals surface area contributed by atoms with Crippen LogP contribution in [0.3, 0.4) is 0 Å². The lowest BCUT2D eigenvalue weighted by Gasteiger charge is -2.38. The Balaban J connectivity index is 2.75. The van der Waals surface area contributed by atoms with Gasteiger partial charge in [0.1, 0.15) is 5.54 Å². The Morgan fingerprint density at radius 1 is 1.53 bits per heavy atom. The Morgan fingerprint density at radius 2 is 2.18 bits per heavy atom. The molecule has 1 saturated carbocycles. The predicted octanol–water partition coefficient (Wildman–Crippen LogP) is 2.26. The van der Waals surface area contributed by atoms with Gasteiger partial charge in [0, 0.05) is 0 Å². The minimum atomic E-state index is -4.32. The molecule has 0 aromatic carbocycles. The molecule has 1 aliphatic rings. The van der Waals surface area contributed by atoms with Gasteiger partial charge >= 0.3 is 12.1 Å². The maximum absolute atomic E-state index is 12.2. The van der Waals surface area contributed by atoms with E-state index in [-0.39, 0.29) is 5.92 Å². The highest BCUT2D eigenvalue weighted by atomic mass is 19.4. The molecule has 1 fully saturated rings. The smallest absolute Gasteiger partial charge is 0.401 e. The van der Waals surface area contributed by atoms with Crippen LogP contribution in [-0.2, 0) is 9.53 Å². The van der Waals surface area contributed by atoms with Crippen LogP contribution in [-0.4, -0.2) is 31.3 Å². The monoisotopic (exact) mass is 253 g/mol. The third-order valence-corrected chi connectivity index (χ3v) is 3.20. The first kappa shape index (κ1) is 14.3. The third kappa shape index (κ3) is 3.87. The zero-order valence-electron chi connectivity index (χ0n) is 10.1. The molecule has 100 valence electrons. The van der Waals surface area contributed by atoms with Crippen molar-refractivity contribution in [2.24, 2.45) is 5.92 Å². The number of carbonyl (C=O) groups is 1. The van der Waals surface area contributed by atoms with Crippen molar-refractivity contribution in [1.82, 2.24) is 5.32 Å². The standard InChI is InChI=1S/C11H18F3NO2/c1-8-4-3-5-10(6-8,9(16)17-2)15-7-11(12,13)14/h8,15H,3-7H2,1-2H3. The van der Waals surface area contributed by atoms with Crippen LogP contribution in [0.2, 0.25) is 0 Å². The summed E-state index contributed by atoms with van der Waals surface area (Å²) in [6.07, 6.45) is -1.84. The molecule has 0 aromatic rings. The van der Waals surface area contributed by atoms with E-state index in [1.165, 1.54) is 7.11 Å². The number of hydrogen-bond donors (Lipinski definition) is 1. The Labute approximate surface area is 98.7 Å². The van der Waals surface area contributed by atoms with E-state index in [1.54, 1.807) is 0 Å². The van der Waals surface area contributed by atoms with E-state index in [4.69, 9.17) is 0 Å². The highest BCUT2D eigenvalue weighted by Gasteiger charge is 2.44. The summed E-state index contributed by atoms with van der Waals surface area (Å²) in [6, 6.07) is 0. The summed E-state index contributed by atoms with van der Waals surface area (Å²) in [6.45, 7) is 0.779. The van der Waals surface area contributed by atoms with Gasteiger partial charge in [-0.05, 0) is 18.8 Å². The molecule has 0 heterocycles. The van der Waals surface area contributed by atoms with E-state index >= 15 is 0 Å². The van der Waals surface area contributed by atoms with Crippen LogP contribution in [0.25, 0.3) is 0 Å². The zero-order chi connectivity index (χ0) is 13.1. The van der Waals surface area contributed by atoms with Gasteiger partial charge < -0.3 is 4.74 Å². The summed E-state index contributed by atoms with van der Waals surface area (Å²) in [5, 5.41) is 2.36. The highest BCUT2D eigenvalue weighted by Crippen LogP contribution is 2.33. The van der Waals surface area contributed by atoms with Crippen molar-refractivity contribution in [2.45, 2.75) is 44.3 Å². The molecule has 0 spiro atoms. The molecule has 0 aliphatic heterocycles. The predicted molar refractivity (Wildman–Crippen MR) is 56.4 cm³/mol. The van der Waals surface area contributed by atoms with Crippen LogP contribution in [0.5, 0.6) is 0 Å². The maximum Gasteiger partial charge on any atom is 0.401 e. The summed E-state index contributed by atoms with van der Waals surface area (Å²) in [4.78, 5) is 11.7. The summed E-state index contributed by atoms with van der Waals surface area (Å²) in [5.74, 6) is -0.364. The first-order chi connectivity index (χ1) is 7.79. The molecular weight excluding hydrogens is 235 g/mol. The minimum absolute atomic E-state index is 0.226. The largest absolute Gasteiger partial charge is 0.468 e. The molecule has 3 nitrogen and oxygen atoms in total. The topological polar surface area (TPSA) is 38.3 Å². The van der Waals surface area contributed by atoms with Crippen LogP contribution >= 0.6 is 0 Å². The highest BCUT2D eigenvalue weighted by molar-refractivity contribution is 5.81. The van der Waals surface area contributed by atoms with E-state index in [0.717, 1.165) is 12.8 Å². The fraction of sp³-hybridized carbons (Fsp3) is 0.909.